The van der Waals surface area contributed by atoms with Crippen molar-refractivity contribution < 1.29 is 9.90 Å². The molecule has 5 heteroatoms. The summed E-state index contributed by atoms with van der Waals surface area (Å²) < 4.78 is 0. The minimum Gasteiger partial charge on any atom is -0.481 e. The minimum atomic E-state index is -0.881. The number of carboxylic acids is 1. The molecule has 32 valence electrons. The SMILES string of the molecule is O=C(O)CS.[K].[K]. The van der Waals surface area contributed by atoms with E-state index in [0.717, 1.165) is 0 Å². The number of aliphatic carboxylic acids is 1. The molecule has 0 fully saturated rings. The van der Waals surface area contributed by atoms with Crippen LogP contribution >= 0.6 is 12.6 Å². The van der Waals surface area contributed by atoms with E-state index in [1.54, 1.807) is 0 Å². The molecule has 0 rings (SSSR count). The van der Waals surface area contributed by atoms with Gasteiger partial charge in [-0.3, -0.25) is 4.79 Å². The fraction of sp³-hybridized carbons (Fsp3) is 0.500. The van der Waals surface area contributed by atoms with Crippen LogP contribution < -0.4 is 0 Å². The maximum Gasteiger partial charge on any atom is 0.313 e. The number of carbonyl (C=O) groups is 1. The molecule has 2 radical (unpaired) electrons. The smallest absolute Gasteiger partial charge is 0.313 e. The molecule has 0 aromatic carbocycles. The van der Waals surface area contributed by atoms with Crippen LogP contribution in [0.1, 0.15) is 0 Å². The first kappa shape index (κ1) is 16.6. The normalized spacial score (nSPS) is 5.29. The number of carboxylic acid groups (broad SMARTS) is 1. The van der Waals surface area contributed by atoms with Crippen molar-refractivity contribution >= 4 is 121 Å². The third-order valence-electron chi connectivity index (χ3n) is 0.135. The fourth-order valence-electron chi connectivity index (χ4n) is 0. The van der Waals surface area contributed by atoms with Gasteiger partial charge in [-0.25, -0.2) is 0 Å². The first-order valence-electron chi connectivity index (χ1n) is 1.10. The van der Waals surface area contributed by atoms with E-state index in [0.29, 0.717) is 0 Å². The Hall–Kier alpha value is 3.09. The van der Waals surface area contributed by atoms with Crippen LogP contribution in [0, 0.1) is 0 Å². The maximum atomic E-state index is 9.29. The van der Waals surface area contributed by atoms with Crippen LogP contribution in [0.2, 0.25) is 0 Å². The third-order valence-corrected chi connectivity index (χ3v) is 0.406. The summed E-state index contributed by atoms with van der Waals surface area (Å²) in [6.45, 7) is 0. The Morgan fingerprint density at radius 2 is 1.71 bits per heavy atom. The minimum absolute atomic E-state index is 0. The first-order valence-corrected chi connectivity index (χ1v) is 1.73. The Morgan fingerprint density at radius 1 is 1.57 bits per heavy atom. The summed E-state index contributed by atoms with van der Waals surface area (Å²) in [5, 5.41) is 7.65. The average molecular weight is 170 g/mol. The molecule has 2 nitrogen and oxygen atoms in total. The number of thiol groups is 1. The van der Waals surface area contributed by atoms with Crippen LogP contribution in [0.4, 0.5) is 0 Å². The molecule has 0 unspecified atom stereocenters. The van der Waals surface area contributed by atoms with Crippen LogP contribution in [-0.2, 0) is 4.79 Å². The average Bonchev–Trinajstić information content (AvgIpc) is 1.38. The van der Waals surface area contributed by atoms with Gasteiger partial charge in [-0.1, -0.05) is 0 Å². The molecule has 0 saturated carbocycles. The van der Waals surface area contributed by atoms with E-state index in [4.69, 9.17) is 5.11 Å². The fourth-order valence-corrected chi connectivity index (χ4v) is 0. The van der Waals surface area contributed by atoms with Crippen molar-refractivity contribution in [2.75, 3.05) is 5.75 Å². The largest absolute Gasteiger partial charge is 0.481 e. The third kappa shape index (κ3) is 17.6. The van der Waals surface area contributed by atoms with E-state index < -0.39 is 5.97 Å². The zero-order valence-electron chi connectivity index (χ0n) is 4.51. The predicted octanol–water partition coefficient (Wildman–Crippen LogP) is -0.761. The van der Waals surface area contributed by atoms with Gasteiger partial charge in [-0.15, -0.1) is 0 Å². The van der Waals surface area contributed by atoms with Gasteiger partial charge in [0.25, 0.3) is 0 Å². The summed E-state index contributed by atoms with van der Waals surface area (Å²) >= 11 is 3.42. The monoisotopic (exact) mass is 170 g/mol. The molecule has 0 spiro atoms. The number of hydrogen-bond donors (Lipinski definition) is 2. The number of rotatable bonds is 1. The van der Waals surface area contributed by atoms with Crippen LogP contribution in [0.15, 0.2) is 0 Å². The predicted molar refractivity (Wildman–Crippen MR) is 33.0 cm³/mol. The van der Waals surface area contributed by atoms with Gasteiger partial charge in [-0.2, -0.15) is 12.6 Å². The van der Waals surface area contributed by atoms with Crippen molar-refractivity contribution in [3.05, 3.63) is 0 Å². The van der Waals surface area contributed by atoms with Gasteiger partial charge in [-0.05, 0) is 0 Å². The van der Waals surface area contributed by atoms with E-state index >= 15 is 0 Å². The van der Waals surface area contributed by atoms with Crippen molar-refractivity contribution in [3.63, 3.8) is 0 Å². The molecule has 7 heavy (non-hydrogen) atoms. The van der Waals surface area contributed by atoms with Gasteiger partial charge in [0.2, 0.25) is 0 Å². The van der Waals surface area contributed by atoms with E-state index in [2.05, 4.69) is 12.6 Å². The molecule has 0 aliphatic heterocycles. The van der Waals surface area contributed by atoms with Crippen molar-refractivity contribution in [2.24, 2.45) is 0 Å². The Labute approximate surface area is 133 Å². The second kappa shape index (κ2) is 11.8. The van der Waals surface area contributed by atoms with Gasteiger partial charge in [0.05, 0.1) is 5.75 Å². The Kier molecular flexibility index (Phi) is 28.0. The molecule has 0 saturated heterocycles. The van der Waals surface area contributed by atoms with Gasteiger partial charge >= 0.3 is 5.97 Å². The molecule has 0 aromatic rings. The van der Waals surface area contributed by atoms with Gasteiger partial charge in [0.15, 0.2) is 0 Å². The van der Waals surface area contributed by atoms with Crippen LogP contribution in [0.25, 0.3) is 0 Å². The second-order valence-electron chi connectivity index (χ2n) is 0.552. The quantitative estimate of drug-likeness (QED) is 0.401. The van der Waals surface area contributed by atoms with Gasteiger partial charge in [0.1, 0.15) is 0 Å². The van der Waals surface area contributed by atoms with E-state index in [-0.39, 0.29) is 109 Å². The van der Waals surface area contributed by atoms with Crippen molar-refractivity contribution in [1.29, 1.82) is 0 Å². The Morgan fingerprint density at radius 3 is 1.71 bits per heavy atom. The standard InChI is InChI=1S/C2H4O2S.2K/c3-2(4)1-5;;/h5H,1H2,(H,3,4);;. The van der Waals surface area contributed by atoms with Crippen molar-refractivity contribution in [2.45, 2.75) is 0 Å². The first-order chi connectivity index (χ1) is 2.27. The Balaban J connectivity index is -0.0000000800. The summed E-state index contributed by atoms with van der Waals surface area (Å²) in [4.78, 5) is 9.29. The topological polar surface area (TPSA) is 37.3 Å². The summed E-state index contributed by atoms with van der Waals surface area (Å²) in [5.41, 5.74) is 0. The maximum absolute atomic E-state index is 9.29. The molecule has 0 aliphatic rings. The van der Waals surface area contributed by atoms with Crippen LogP contribution in [0.3, 0.4) is 0 Å². The molecule has 0 aromatic heterocycles. The van der Waals surface area contributed by atoms with E-state index in [1.807, 2.05) is 0 Å². The number of hydrogen-bond acceptors (Lipinski definition) is 2. The molecule has 0 atom stereocenters. The van der Waals surface area contributed by atoms with Crippen LogP contribution in [0.5, 0.6) is 0 Å². The Bertz CT molecular complexity index is 49.0. The van der Waals surface area contributed by atoms with Gasteiger partial charge in [0, 0.05) is 103 Å². The molecule has 0 amide bonds. The second-order valence-corrected chi connectivity index (χ2v) is 0.868. The zero-order valence-corrected chi connectivity index (χ0v) is 11.7. The van der Waals surface area contributed by atoms with Gasteiger partial charge < -0.3 is 5.11 Å². The summed E-state index contributed by atoms with van der Waals surface area (Å²) in [5.74, 6) is -0.965. The molecule has 1 N–H and O–H groups in total. The molecule has 0 bridgehead atoms. The zero-order chi connectivity index (χ0) is 4.28. The molecular weight excluding hydrogens is 166 g/mol. The van der Waals surface area contributed by atoms with Crippen LogP contribution in [-0.4, -0.2) is 120 Å². The summed E-state index contributed by atoms with van der Waals surface area (Å²) in [7, 11) is 0. The molecular formula is C2H4K2O2S. The summed E-state index contributed by atoms with van der Waals surface area (Å²) in [6, 6.07) is 0. The van der Waals surface area contributed by atoms with E-state index in [1.165, 1.54) is 0 Å². The molecule has 0 aliphatic carbocycles. The van der Waals surface area contributed by atoms with Crippen molar-refractivity contribution in [1.82, 2.24) is 0 Å². The van der Waals surface area contributed by atoms with Crippen molar-refractivity contribution in [3.8, 4) is 0 Å². The molecule has 0 heterocycles. The van der Waals surface area contributed by atoms with E-state index in [9.17, 15) is 4.79 Å². The summed E-state index contributed by atoms with van der Waals surface area (Å²) in [6.07, 6.45) is 0.